The summed E-state index contributed by atoms with van der Waals surface area (Å²) in [5.41, 5.74) is 0.460. The van der Waals surface area contributed by atoms with Crippen molar-refractivity contribution in [2.24, 2.45) is 17.8 Å². The van der Waals surface area contributed by atoms with Crippen LogP contribution in [0.25, 0.3) is 0 Å². The summed E-state index contributed by atoms with van der Waals surface area (Å²) in [6.45, 7) is 17.0. The fraction of sp³-hybridized carbons (Fsp3) is 0.650. The molecule has 0 aromatic rings. The predicted octanol–water partition coefficient (Wildman–Crippen LogP) is 9.21. The van der Waals surface area contributed by atoms with Crippen LogP contribution in [-0.4, -0.2) is 92.0 Å². The maximum Gasteiger partial charge on any atom is 0.425 e. The molecule has 12 nitrogen and oxygen atoms in total. The number of carbonyl (C=O) groups excluding carboxylic acids is 6. The molecule has 4 rings (SSSR count). The smallest absolute Gasteiger partial charge is 0.425 e. The Morgan fingerprint density at radius 2 is 0.869 bits per heavy atom. The standard InChI is InChI=1S/C14H20O2.C9H11F3O4.C8H9F3O4.C7H9F3O2.2CH4/c1-9(2)13(15)16-14-6-10-3-11(7-14)5-12(4-10)8-14;1-5(2)8(14)15-4-7(13)16-6(3)9(10,11)12;1-5(2)7(13)14-3-6(12)15-4-8(9,10)11;1-4(2)6(11)12-5(3)7(8,9)10;;/h10-12H,1,3-8H2,2H3;6H,1,4H2,2-3H3;1,3-4H2,2H3;5H,1H2,2-3H3;2*1H4. The molecule has 0 amide bonds. The fourth-order valence-corrected chi connectivity index (χ4v) is 5.77. The number of carbonyl (C=O) groups is 6. The molecule has 2 atom stereocenters. The van der Waals surface area contributed by atoms with Gasteiger partial charge in [0.05, 0.1) is 0 Å². The van der Waals surface area contributed by atoms with Crippen molar-refractivity contribution < 1.29 is 96.7 Å². The molecular formula is C40H57F9O12. The van der Waals surface area contributed by atoms with E-state index in [4.69, 9.17) is 4.74 Å². The summed E-state index contributed by atoms with van der Waals surface area (Å²) < 4.78 is 132. The van der Waals surface area contributed by atoms with E-state index in [1.807, 2.05) is 0 Å². The van der Waals surface area contributed by atoms with Crippen molar-refractivity contribution >= 4 is 35.8 Å². The number of esters is 6. The Bertz CT molecular complexity index is 1530. The van der Waals surface area contributed by atoms with Gasteiger partial charge >= 0.3 is 54.3 Å². The van der Waals surface area contributed by atoms with E-state index in [0.717, 1.165) is 43.9 Å². The lowest BCUT2D eigenvalue weighted by Gasteiger charge is -2.55. The number of alkyl halides is 9. The van der Waals surface area contributed by atoms with Crippen LogP contribution in [0.4, 0.5) is 39.5 Å². The normalized spacial score (nSPS) is 20.3. The molecule has 4 saturated carbocycles. The molecule has 0 heterocycles. The van der Waals surface area contributed by atoms with Crippen LogP contribution in [0.5, 0.6) is 0 Å². The van der Waals surface area contributed by atoms with Crippen LogP contribution in [0.15, 0.2) is 48.6 Å². The molecule has 21 heteroatoms. The molecule has 4 bridgehead atoms. The summed E-state index contributed by atoms with van der Waals surface area (Å²) in [7, 11) is 0. The third-order valence-electron chi connectivity index (χ3n) is 8.24. The quantitative estimate of drug-likeness (QED) is 0.0793. The third kappa shape index (κ3) is 24.9. The molecule has 4 aliphatic rings. The van der Waals surface area contributed by atoms with E-state index >= 15 is 0 Å². The van der Waals surface area contributed by atoms with Gasteiger partial charge in [0.1, 0.15) is 5.60 Å². The second kappa shape index (κ2) is 25.8. The zero-order valence-electron chi connectivity index (χ0n) is 33.4. The van der Waals surface area contributed by atoms with E-state index in [-0.39, 0.29) is 43.1 Å². The highest BCUT2D eigenvalue weighted by Gasteiger charge is 2.53. The summed E-state index contributed by atoms with van der Waals surface area (Å²) in [5, 5.41) is 0. The second-order valence-corrected chi connectivity index (χ2v) is 14.3. The van der Waals surface area contributed by atoms with Crippen LogP contribution in [0.3, 0.4) is 0 Å². The van der Waals surface area contributed by atoms with E-state index in [1.165, 1.54) is 40.0 Å². The Labute approximate surface area is 349 Å². The van der Waals surface area contributed by atoms with Gasteiger partial charge in [0.15, 0.2) is 32.0 Å². The Kier molecular flexibility index (Phi) is 25.6. The summed E-state index contributed by atoms with van der Waals surface area (Å²) in [6.07, 6.45) is -10.6. The van der Waals surface area contributed by atoms with Crippen molar-refractivity contribution in [2.75, 3.05) is 19.8 Å². The zero-order valence-corrected chi connectivity index (χ0v) is 33.4. The van der Waals surface area contributed by atoms with Crippen molar-refractivity contribution in [2.45, 2.75) is 131 Å². The topological polar surface area (TPSA) is 158 Å². The highest BCUT2D eigenvalue weighted by Crippen LogP contribution is 2.57. The van der Waals surface area contributed by atoms with E-state index < -0.39 is 80.4 Å². The lowest BCUT2D eigenvalue weighted by atomic mass is 9.54. The number of ether oxygens (including phenoxy) is 6. The molecule has 0 spiro atoms. The highest BCUT2D eigenvalue weighted by atomic mass is 19.4. The van der Waals surface area contributed by atoms with Crippen LogP contribution in [-0.2, 0) is 57.2 Å². The molecular weight excluding hydrogens is 843 g/mol. The van der Waals surface area contributed by atoms with Gasteiger partial charge in [-0.2, -0.15) is 39.5 Å². The van der Waals surface area contributed by atoms with Gasteiger partial charge in [0, 0.05) is 22.3 Å². The summed E-state index contributed by atoms with van der Waals surface area (Å²) in [6, 6.07) is 0. The molecule has 4 fully saturated rings. The zero-order chi connectivity index (χ0) is 46.3. The van der Waals surface area contributed by atoms with Crippen LogP contribution < -0.4 is 0 Å². The molecule has 0 radical (unpaired) electrons. The van der Waals surface area contributed by atoms with Crippen molar-refractivity contribution in [1.82, 2.24) is 0 Å². The van der Waals surface area contributed by atoms with E-state index in [2.05, 4.69) is 50.0 Å². The first-order valence-electron chi connectivity index (χ1n) is 17.6. The summed E-state index contributed by atoms with van der Waals surface area (Å²) in [4.78, 5) is 65.1. The molecule has 0 N–H and O–H groups in total. The molecule has 0 saturated heterocycles. The first-order chi connectivity index (χ1) is 26.7. The molecule has 4 aliphatic carbocycles. The molecule has 352 valence electrons. The lowest BCUT2D eigenvalue weighted by molar-refractivity contribution is -0.218. The summed E-state index contributed by atoms with van der Waals surface area (Å²) in [5.74, 6) is -2.99. The number of hydrogen-bond acceptors (Lipinski definition) is 12. The monoisotopic (exact) mass is 900 g/mol. The maximum atomic E-state index is 11.9. The Morgan fingerprint density at radius 3 is 1.18 bits per heavy atom. The minimum absolute atomic E-state index is 0. The van der Waals surface area contributed by atoms with Gasteiger partial charge in [-0.1, -0.05) is 41.2 Å². The summed E-state index contributed by atoms with van der Waals surface area (Å²) >= 11 is 0. The number of halogens is 9. The average molecular weight is 901 g/mol. The van der Waals surface area contributed by atoms with Crippen LogP contribution in [0.1, 0.15) is 94.9 Å². The van der Waals surface area contributed by atoms with Gasteiger partial charge in [-0.05, 0) is 97.8 Å². The van der Waals surface area contributed by atoms with Gasteiger partial charge < -0.3 is 28.4 Å². The minimum Gasteiger partial charge on any atom is -0.456 e. The van der Waals surface area contributed by atoms with Crippen LogP contribution >= 0.6 is 0 Å². The SMILES string of the molecule is C.C.C=C(C)C(=O)OC(C)C(F)(F)F.C=C(C)C(=O)OC12CC3CC(CC(C3)C1)C2.C=C(C)C(=O)OCC(=O)OC(C)C(F)(F)F.C=C(C)C(=O)OCC(=O)OCC(F)(F)F. The lowest BCUT2D eigenvalue weighted by Crippen LogP contribution is -2.52. The number of rotatable bonds is 12. The van der Waals surface area contributed by atoms with Crippen molar-refractivity contribution in [3.05, 3.63) is 48.6 Å². The van der Waals surface area contributed by atoms with Crippen molar-refractivity contribution in [1.29, 1.82) is 0 Å². The second-order valence-electron chi connectivity index (χ2n) is 14.3. The Balaban J connectivity index is -0.000000732. The fourth-order valence-electron chi connectivity index (χ4n) is 5.77. The first-order valence-corrected chi connectivity index (χ1v) is 17.6. The molecule has 0 aromatic heterocycles. The van der Waals surface area contributed by atoms with Gasteiger partial charge in [0.2, 0.25) is 0 Å². The van der Waals surface area contributed by atoms with E-state index in [1.54, 1.807) is 6.92 Å². The maximum absolute atomic E-state index is 11.9. The Morgan fingerprint density at radius 1 is 0.541 bits per heavy atom. The van der Waals surface area contributed by atoms with E-state index in [0.29, 0.717) is 12.5 Å². The van der Waals surface area contributed by atoms with Crippen LogP contribution in [0, 0.1) is 17.8 Å². The first kappa shape index (κ1) is 60.5. The van der Waals surface area contributed by atoms with Gasteiger partial charge in [0.25, 0.3) is 0 Å². The molecule has 2 unspecified atom stereocenters. The van der Waals surface area contributed by atoms with Gasteiger partial charge in [-0.3, -0.25) is 0 Å². The molecule has 0 aromatic carbocycles. The van der Waals surface area contributed by atoms with Gasteiger partial charge in [-0.25, -0.2) is 28.8 Å². The van der Waals surface area contributed by atoms with Gasteiger partial charge in [-0.15, -0.1) is 0 Å². The van der Waals surface area contributed by atoms with Crippen molar-refractivity contribution in [3.8, 4) is 0 Å². The van der Waals surface area contributed by atoms with Crippen LogP contribution in [0.2, 0.25) is 0 Å². The largest absolute Gasteiger partial charge is 0.456 e. The molecule has 0 aliphatic heterocycles. The van der Waals surface area contributed by atoms with E-state index in [9.17, 15) is 68.3 Å². The Hall–Kier alpha value is -4.85. The number of hydrogen-bond donors (Lipinski definition) is 0. The van der Waals surface area contributed by atoms with Crippen molar-refractivity contribution in [3.63, 3.8) is 0 Å². The predicted molar refractivity (Wildman–Crippen MR) is 202 cm³/mol. The third-order valence-corrected chi connectivity index (χ3v) is 8.24. The average Bonchev–Trinajstić information content (AvgIpc) is 3.07. The highest BCUT2D eigenvalue weighted by molar-refractivity contribution is 5.89. The minimum atomic E-state index is -4.63. The molecule has 61 heavy (non-hydrogen) atoms.